The van der Waals surface area contributed by atoms with Crippen molar-refractivity contribution in [1.82, 2.24) is 10.3 Å². The van der Waals surface area contributed by atoms with Gasteiger partial charge in [0.15, 0.2) is 5.76 Å². The molecule has 1 N–H and O–H groups in total. The third kappa shape index (κ3) is 3.23. The predicted molar refractivity (Wildman–Crippen MR) is 73.3 cm³/mol. The lowest BCUT2D eigenvalue weighted by molar-refractivity contribution is -0.124. The summed E-state index contributed by atoms with van der Waals surface area (Å²) in [7, 11) is 0. The van der Waals surface area contributed by atoms with Crippen molar-refractivity contribution in [2.24, 2.45) is 5.92 Å². The smallest absolute Gasteiger partial charge is 0.223 e. The van der Waals surface area contributed by atoms with Crippen LogP contribution in [-0.4, -0.2) is 10.9 Å². The van der Waals surface area contributed by atoms with E-state index in [2.05, 4.69) is 10.3 Å². The van der Waals surface area contributed by atoms with Gasteiger partial charge in [0.2, 0.25) is 11.8 Å². The first-order valence-corrected chi connectivity index (χ1v) is 6.49. The number of carbonyl (C=O) groups is 1. The summed E-state index contributed by atoms with van der Waals surface area (Å²) in [6.07, 6.45) is 1.57. The molecule has 20 heavy (non-hydrogen) atoms. The van der Waals surface area contributed by atoms with Crippen molar-refractivity contribution < 1.29 is 13.6 Å². The number of hydrogen-bond donors (Lipinski definition) is 1. The monoisotopic (exact) mass is 276 g/mol. The van der Waals surface area contributed by atoms with Gasteiger partial charge in [0.1, 0.15) is 11.9 Å². The van der Waals surface area contributed by atoms with E-state index in [1.165, 1.54) is 12.1 Å². The Morgan fingerprint density at radius 1 is 1.25 bits per heavy atom. The molecule has 1 atom stereocenters. The summed E-state index contributed by atoms with van der Waals surface area (Å²) in [6, 6.07) is 5.66. The molecule has 4 nitrogen and oxygen atoms in total. The first kappa shape index (κ1) is 14.2. The molecule has 0 aliphatic heterocycles. The van der Waals surface area contributed by atoms with Gasteiger partial charge >= 0.3 is 0 Å². The number of hydrogen-bond acceptors (Lipinski definition) is 3. The fraction of sp³-hybridized carbons (Fsp3) is 0.333. The van der Waals surface area contributed by atoms with Crippen LogP contribution in [-0.2, 0) is 4.79 Å². The Balaban J connectivity index is 2.12. The van der Waals surface area contributed by atoms with Crippen molar-refractivity contribution in [3.05, 3.63) is 42.2 Å². The number of aromatic nitrogens is 1. The molecule has 0 fully saturated rings. The van der Waals surface area contributed by atoms with E-state index in [4.69, 9.17) is 4.42 Å². The molecule has 0 aliphatic carbocycles. The second-order valence-corrected chi connectivity index (χ2v) is 4.95. The molecule has 2 rings (SSSR count). The van der Waals surface area contributed by atoms with Crippen LogP contribution in [0.5, 0.6) is 0 Å². The zero-order chi connectivity index (χ0) is 14.7. The molecule has 1 aromatic heterocycles. The summed E-state index contributed by atoms with van der Waals surface area (Å²) in [5.74, 6) is 0.526. The standard InChI is InChI=1S/C15H17FN2O2/c1-9(2)14(19)18-10(3)15-17-8-13(20-15)11-4-6-12(16)7-5-11/h4-10H,1-3H3,(H,18,19). The Morgan fingerprint density at radius 2 is 1.90 bits per heavy atom. The number of nitrogens with zero attached hydrogens (tertiary/aromatic N) is 1. The molecular formula is C15H17FN2O2. The maximum Gasteiger partial charge on any atom is 0.223 e. The molecule has 0 radical (unpaired) electrons. The lowest BCUT2D eigenvalue weighted by Crippen LogP contribution is -2.30. The molecule has 1 unspecified atom stereocenters. The second-order valence-electron chi connectivity index (χ2n) is 4.95. The molecule has 0 aliphatic rings. The van der Waals surface area contributed by atoms with E-state index >= 15 is 0 Å². The lowest BCUT2D eigenvalue weighted by Gasteiger charge is -2.12. The molecular weight excluding hydrogens is 259 g/mol. The van der Waals surface area contributed by atoms with Crippen LogP contribution in [0, 0.1) is 11.7 Å². The molecule has 106 valence electrons. The quantitative estimate of drug-likeness (QED) is 0.932. The number of halogens is 1. The van der Waals surface area contributed by atoms with E-state index in [1.54, 1.807) is 25.3 Å². The normalized spacial score (nSPS) is 12.4. The maximum absolute atomic E-state index is 12.9. The van der Waals surface area contributed by atoms with Crippen molar-refractivity contribution in [3.8, 4) is 11.3 Å². The highest BCUT2D eigenvalue weighted by Crippen LogP contribution is 2.23. The number of oxazole rings is 1. The van der Waals surface area contributed by atoms with Crippen LogP contribution in [0.2, 0.25) is 0 Å². The number of benzene rings is 1. The van der Waals surface area contributed by atoms with Crippen LogP contribution >= 0.6 is 0 Å². The second kappa shape index (κ2) is 5.86. The topological polar surface area (TPSA) is 55.1 Å². The van der Waals surface area contributed by atoms with Crippen molar-refractivity contribution in [3.63, 3.8) is 0 Å². The average Bonchev–Trinajstić information content (AvgIpc) is 2.89. The van der Waals surface area contributed by atoms with Crippen LogP contribution in [0.15, 0.2) is 34.9 Å². The van der Waals surface area contributed by atoms with Crippen molar-refractivity contribution >= 4 is 5.91 Å². The Morgan fingerprint density at radius 3 is 2.50 bits per heavy atom. The highest BCUT2D eigenvalue weighted by Gasteiger charge is 2.17. The predicted octanol–water partition coefficient (Wildman–Crippen LogP) is 3.31. The summed E-state index contributed by atoms with van der Waals surface area (Å²) in [4.78, 5) is 15.8. The summed E-state index contributed by atoms with van der Waals surface area (Å²) < 4.78 is 18.5. The molecule has 1 heterocycles. The van der Waals surface area contributed by atoms with Gasteiger partial charge in [-0.15, -0.1) is 0 Å². The zero-order valence-electron chi connectivity index (χ0n) is 11.7. The molecule has 0 bridgehead atoms. The van der Waals surface area contributed by atoms with E-state index in [1.807, 2.05) is 13.8 Å². The van der Waals surface area contributed by atoms with Crippen LogP contribution in [0.1, 0.15) is 32.7 Å². The van der Waals surface area contributed by atoms with Gasteiger partial charge in [-0.25, -0.2) is 9.37 Å². The highest BCUT2D eigenvalue weighted by molar-refractivity contribution is 5.78. The van der Waals surface area contributed by atoms with Crippen LogP contribution in [0.25, 0.3) is 11.3 Å². The first-order chi connectivity index (χ1) is 9.47. The van der Waals surface area contributed by atoms with Crippen molar-refractivity contribution in [2.75, 3.05) is 0 Å². The fourth-order valence-corrected chi connectivity index (χ4v) is 1.68. The molecule has 1 aromatic carbocycles. The summed E-state index contributed by atoms with van der Waals surface area (Å²) >= 11 is 0. The number of carbonyl (C=O) groups excluding carboxylic acids is 1. The Hall–Kier alpha value is -2.17. The van der Waals surface area contributed by atoms with Gasteiger partial charge in [-0.2, -0.15) is 0 Å². The number of amides is 1. The molecule has 5 heteroatoms. The third-order valence-corrected chi connectivity index (χ3v) is 2.91. The summed E-state index contributed by atoms with van der Waals surface area (Å²) in [5.41, 5.74) is 0.743. The minimum absolute atomic E-state index is 0.0565. The third-order valence-electron chi connectivity index (χ3n) is 2.91. The fourth-order valence-electron chi connectivity index (χ4n) is 1.68. The van der Waals surface area contributed by atoms with Gasteiger partial charge in [-0.05, 0) is 31.2 Å². The largest absolute Gasteiger partial charge is 0.438 e. The molecule has 0 saturated carbocycles. The molecule has 0 saturated heterocycles. The minimum Gasteiger partial charge on any atom is -0.438 e. The SMILES string of the molecule is CC(C)C(=O)NC(C)c1ncc(-c2ccc(F)cc2)o1. The van der Waals surface area contributed by atoms with Crippen molar-refractivity contribution in [2.45, 2.75) is 26.8 Å². The van der Waals surface area contributed by atoms with Gasteiger partial charge < -0.3 is 9.73 Å². The summed E-state index contributed by atoms with van der Waals surface area (Å²) in [6.45, 7) is 5.45. The van der Waals surface area contributed by atoms with Crippen LogP contribution in [0.3, 0.4) is 0 Å². The Bertz CT molecular complexity index is 590. The van der Waals surface area contributed by atoms with Crippen LogP contribution < -0.4 is 5.32 Å². The number of nitrogens with one attached hydrogen (secondary N) is 1. The highest BCUT2D eigenvalue weighted by atomic mass is 19.1. The van der Waals surface area contributed by atoms with Gasteiger partial charge in [0.05, 0.1) is 6.20 Å². The van der Waals surface area contributed by atoms with Gasteiger partial charge in [0.25, 0.3) is 0 Å². The lowest BCUT2D eigenvalue weighted by atomic mass is 10.2. The van der Waals surface area contributed by atoms with E-state index < -0.39 is 0 Å². The Labute approximate surface area is 117 Å². The summed E-state index contributed by atoms with van der Waals surface area (Å²) in [5, 5.41) is 2.81. The zero-order valence-corrected chi connectivity index (χ0v) is 11.7. The average molecular weight is 276 g/mol. The van der Waals surface area contributed by atoms with E-state index in [0.29, 0.717) is 11.7 Å². The van der Waals surface area contributed by atoms with Crippen LogP contribution in [0.4, 0.5) is 4.39 Å². The Kier molecular flexibility index (Phi) is 4.17. The van der Waals surface area contributed by atoms with Gasteiger partial charge in [0, 0.05) is 11.5 Å². The molecule has 2 aromatic rings. The number of rotatable bonds is 4. The van der Waals surface area contributed by atoms with E-state index in [9.17, 15) is 9.18 Å². The van der Waals surface area contributed by atoms with Crippen molar-refractivity contribution in [1.29, 1.82) is 0 Å². The maximum atomic E-state index is 12.9. The van der Waals surface area contributed by atoms with E-state index in [0.717, 1.165) is 5.56 Å². The van der Waals surface area contributed by atoms with Gasteiger partial charge in [-0.3, -0.25) is 4.79 Å². The van der Waals surface area contributed by atoms with E-state index in [-0.39, 0.29) is 23.7 Å². The minimum atomic E-state index is -0.306. The molecule has 0 spiro atoms. The first-order valence-electron chi connectivity index (χ1n) is 6.49. The molecule has 1 amide bonds. The van der Waals surface area contributed by atoms with Gasteiger partial charge in [-0.1, -0.05) is 13.8 Å².